The Kier molecular flexibility index (Phi) is 9.13. The Bertz CT molecular complexity index is 992. The van der Waals surface area contributed by atoms with E-state index in [1.807, 2.05) is 12.1 Å². The van der Waals surface area contributed by atoms with Crippen molar-refractivity contribution in [1.29, 1.82) is 0 Å². The first-order valence-electron chi connectivity index (χ1n) is 12.9. The smallest absolute Gasteiger partial charge is 0.422 e. The predicted octanol–water partition coefficient (Wildman–Crippen LogP) is 5.93. The monoisotopic (exact) mass is 504 g/mol. The van der Waals surface area contributed by atoms with Crippen LogP contribution >= 0.6 is 0 Å². The number of fused-ring (bicyclic) bond motifs is 1. The Balaban J connectivity index is 1.32. The van der Waals surface area contributed by atoms with Crippen molar-refractivity contribution in [3.8, 4) is 11.5 Å². The third-order valence-corrected chi connectivity index (χ3v) is 6.98. The lowest BCUT2D eigenvalue weighted by Crippen LogP contribution is -2.53. The van der Waals surface area contributed by atoms with Crippen LogP contribution in [0.15, 0.2) is 48.5 Å². The van der Waals surface area contributed by atoms with Gasteiger partial charge in [-0.2, -0.15) is 13.2 Å². The number of anilines is 1. The summed E-state index contributed by atoms with van der Waals surface area (Å²) in [6.45, 7) is -0.503. The molecule has 2 atom stereocenters. The van der Waals surface area contributed by atoms with Crippen molar-refractivity contribution < 1.29 is 27.4 Å². The molecule has 36 heavy (non-hydrogen) atoms. The summed E-state index contributed by atoms with van der Waals surface area (Å²) in [5.41, 5.74) is 2.37. The van der Waals surface area contributed by atoms with Crippen LogP contribution in [0.25, 0.3) is 0 Å². The molecule has 8 heteroatoms. The fourth-order valence-electron chi connectivity index (χ4n) is 5.15. The molecule has 1 fully saturated rings. The van der Waals surface area contributed by atoms with Gasteiger partial charge in [-0.25, -0.2) is 0 Å². The number of nitrogens with one attached hydrogen (secondary N) is 2. The second-order valence-corrected chi connectivity index (χ2v) is 9.67. The van der Waals surface area contributed by atoms with Crippen LogP contribution in [0.5, 0.6) is 11.5 Å². The number of ketones is 1. The highest BCUT2D eigenvalue weighted by Crippen LogP contribution is 2.31. The molecule has 2 N–H and O–H groups in total. The van der Waals surface area contributed by atoms with Crippen LogP contribution in [-0.4, -0.2) is 43.8 Å². The molecule has 0 spiro atoms. The Morgan fingerprint density at radius 1 is 0.972 bits per heavy atom. The van der Waals surface area contributed by atoms with Gasteiger partial charge in [-0.1, -0.05) is 49.6 Å². The first-order chi connectivity index (χ1) is 17.4. The molecular weight excluding hydrogens is 469 g/mol. The van der Waals surface area contributed by atoms with Gasteiger partial charge < -0.3 is 20.1 Å². The Morgan fingerprint density at radius 2 is 1.67 bits per heavy atom. The highest BCUT2D eigenvalue weighted by molar-refractivity contribution is 5.87. The molecule has 2 unspecified atom stereocenters. The number of Topliss-reactive ketones (excluding diaryl/α,β-unsaturated/α-hetero) is 1. The molecule has 2 aromatic rings. The average molecular weight is 505 g/mol. The molecule has 1 aliphatic heterocycles. The Hall–Kier alpha value is -2.74. The highest BCUT2D eigenvalue weighted by Gasteiger charge is 2.35. The van der Waals surface area contributed by atoms with Crippen molar-refractivity contribution in [3.05, 3.63) is 54.1 Å². The molecule has 0 amide bonds. The van der Waals surface area contributed by atoms with Crippen molar-refractivity contribution >= 4 is 11.5 Å². The number of carbonyl (C=O) groups excluding carboxylic acids is 1. The van der Waals surface area contributed by atoms with Gasteiger partial charge in [-0.15, -0.1) is 0 Å². The Labute approximate surface area is 210 Å². The van der Waals surface area contributed by atoms with Crippen molar-refractivity contribution in [2.45, 2.75) is 69.6 Å². The average Bonchev–Trinajstić information content (AvgIpc) is 2.89. The minimum Gasteiger partial charge on any atom is -0.490 e. The molecular formula is C28H35F3N2O3. The van der Waals surface area contributed by atoms with E-state index >= 15 is 0 Å². The number of carbonyl (C=O) groups is 1. The summed E-state index contributed by atoms with van der Waals surface area (Å²) in [6.07, 6.45) is 3.32. The van der Waals surface area contributed by atoms with Crippen LogP contribution in [0, 0.1) is 5.92 Å². The maximum Gasteiger partial charge on any atom is 0.422 e. The normalized spacial score (nSPS) is 19.1. The Morgan fingerprint density at radius 3 is 2.42 bits per heavy atom. The zero-order valence-electron chi connectivity index (χ0n) is 20.5. The SMILES string of the molecule is O=C(C1CCCCC1)C(NCCCOc1ccccc1OCC(F)(F)F)C1CCc2ccccc2N1. The van der Waals surface area contributed by atoms with Gasteiger partial charge in [0.2, 0.25) is 0 Å². The highest BCUT2D eigenvalue weighted by atomic mass is 19.4. The first-order valence-corrected chi connectivity index (χ1v) is 12.9. The number of rotatable bonds is 11. The molecule has 2 aromatic carbocycles. The van der Waals surface area contributed by atoms with Gasteiger partial charge in [0.15, 0.2) is 23.9 Å². The maximum atomic E-state index is 13.6. The van der Waals surface area contributed by atoms with E-state index in [9.17, 15) is 18.0 Å². The van der Waals surface area contributed by atoms with Gasteiger partial charge in [-0.05, 0) is 62.4 Å². The third-order valence-electron chi connectivity index (χ3n) is 6.98. The number of aryl methyl sites for hydroxylation is 1. The largest absolute Gasteiger partial charge is 0.490 e. The fourth-order valence-corrected chi connectivity index (χ4v) is 5.15. The zero-order valence-corrected chi connectivity index (χ0v) is 20.5. The van der Waals surface area contributed by atoms with Crippen LogP contribution in [0.2, 0.25) is 0 Å². The van der Waals surface area contributed by atoms with Crippen molar-refractivity contribution in [2.75, 3.05) is 25.1 Å². The summed E-state index contributed by atoms with van der Waals surface area (Å²) in [5.74, 6) is 0.739. The summed E-state index contributed by atoms with van der Waals surface area (Å²) in [7, 11) is 0. The van der Waals surface area contributed by atoms with Gasteiger partial charge in [0.1, 0.15) is 0 Å². The van der Waals surface area contributed by atoms with Gasteiger partial charge in [0.25, 0.3) is 0 Å². The van der Waals surface area contributed by atoms with E-state index in [0.29, 0.717) is 25.4 Å². The second-order valence-electron chi connectivity index (χ2n) is 9.67. The number of alkyl halides is 3. The molecule has 1 saturated carbocycles. The molecule has 0 bridgehead atoms. The number of hydrogen-bond donors (Lipinski definition) is 2. The molecule has 0 saturated heterocycles. The van der Waals surface area contributed by atoms with E-state index in [4.69, 9.17) is 9.47 Å². The topological polar surface area (TPSA) is 59.6 Å². The molecule has 2 aliphatic rings. The maximum absolute atomic E-state index is 13.6. The van der Waals surface area contributed by atoms with E-state index in [2.05, 4.69) is 22.8 Å². The van der Waals surface area contributed by atoms with Crippen LogP contribution in [0.1, 0.15) is 50.5 Å². The van der Waals surface area contributed by atoms with E-state index in [-0.39, 0.29) is 29.5 Å². The van der Waals surface area contributed by atoms with Crippen LogP contribution < -0.4 is 20.1 Å². The molecule has 196 valence electrons. The minimum absolute atomic E-state index is 0.0201. The summed E-state index contributed by atoms with van der Waals surface area (Å²) in [6, 6.07) is 14.3. The summed E-state index contributed by atoms with van der Waals surface area (Å²) >= 11 is 0. The number of ether oxygens (including phenoxy) is 2. The molecule has 0 aromatic heterocycles. The molecule has 5 nitrogen and oxygen atoms in total. The van der Waals surface area contributed by atoms with Crippen molar-refractivity contribution in [3.63, 3.8) is 0 Å². The summed E-state index contributed by atoms with van der Waals surface area (Å²) < 4.78 is 48.2. The van der Waals surface area contributed by atoms with Crippen molar-refractivity contribution in [1.82, 2.24) is 5.32 Å². The number of benzene rings is 2. The zero-order chi connectivity index (χ0) is 25.4. The van der Waals surface area contributed by atoms with E-state index in [1.165, 1.54) is 18.1 Å². The van der Waals surface area contributed by atoms with Crippen LogP contribution in [0.4, 0.5) is 18.9 Å². The van der Waals surface area contributed by atoms with Crippen LogP contribution in [0.3, 0.4) is 0 Å². The lowest BCUT2D eigenvalue weighted by molar-refractivity contribution is -0.153. The predicted molar refractivity (Wildman–Crippen MR) is 134 cm³/mol. The van der Waals surface area contributed by atoms with Gasteiger partial charge >= 0.3 is 6.18 Å². The van der Waals surface area contributed by atoms with E-state index < -0.39 is 12.8 Å². The lowest BCUT2D eigenvalue weighted by Gasteiger charge is -2.35. The fraction of sp³-hybridized carbons (Fsp3) is 0.536. The standard InChI is InChI=1S/C28H35F3N2O3/c29-28(30,31)19-36-25-14-7-6-13-24(25)35-18-8-17-32-26(27(34)21-10-2-1-3-11-21)23-16-15-20-9-4-5-12-22(20)33-23/h4-7,9,12-14,21,23,26,32-33H,1-3,8,10-11,15-19H2. The lowest BCUT2D eigenvalue weighted by atomic mass is 9.80. The van der Waals surface area contributed by atoms with Crippen LogP contribution in [-0.2, 0) is 11.2 Å². The second kappa shape index (κ2) is 12.5. The molecule has 4 rings (SSSR count). The van der Waals surface area contributed by atoms with Gasteiger partial charge in [0, 0.05) is 17.6 Å². The molecule has 1 heterocycles. The van der Waals surface area contributed by atoms with Gasteiger partial charge in [0.05, 0.1) is 12.6 Å². The van der Waals surface area contributed by atoms with E-state index in [0.717, 1.165) is 44.2 Å². The molecule has 0 radical (unpaired) electrons. The summed E-state index contributed by atoms with van der Waals surface area (Å²) in [5, 5.41) is 7.09. The number of para-hydroxylation sites is 3. The van der Waals surface area contributed by atoms with E-state index in [1.54, 1.807) is 18.2 Å². The van der Waals surface area contributed by atoms with Gasteiger partial charge in [-0.3, -0.25) is 4.79 Å². The quantitative estimate of drug-likeness (QED) is 0.372. The minimum atomic E-state index is -4.41. The summed E-state index contributed by atoms with van der Waals surface area (Å²) in [4.78, 5) is 13.6. The van der Waals surface area contributed by atoms with Crippen molar-refractivity contribution in [2.24, 2.45) is 5.92 Å². The first kappa shape index (κ1) is 26.3. The number of hydrogen-bond acceptors (Lipinski definition) is 5. The third kappa shape index (κ3) is 7.38. The number of halogens is 3. The molecule has 1 aliphatic carbocycles.